The van der Waals surface area contributed by atoms with Gasteiger partial charge in [0.05, 0.1) is 18.3 Å². The molecule has 3 rings (SSSR count). The van der Waals surface area contributed by atoms with Gasteiger partial charge in [0.25, 0.3) is 0 Å². The van der Waals surface area contributed by atoms with Crippen molar-refractivity contribution in [2.75, 3.05) is 6.61 Å². The quantitative estimate of drug-likeness (QED) is 0.497. The van der Waals surface area contributed by atoms with Gasteiger partial charge < -0.3 is 4.74 Å². The molecule has 0 amide bonds. The first-order chi connectivity index (χ1) is 12.8. The zero-order valence-electron chi connectivity index (χ0n) is 16.2. The molecule has 1 nitrogen and oxygen atoms in total. The first-order valence-electron chi connectivity index (χ1n) is 10.3. The van der Waals surface area contributed by atoms with Crippen molar-refractivity contribution in [1.82, 2.24) is 0 Å². The number of rotatable bonds is 4. The van der Waals surface area contributed by atoms with Crippen molar-refractivity contribution in [3.63, 3.8) is 0 Å². The summed E-state index contributed by atoms with van der Waals surface area (Å²) in [5.41, 5.74) is -0.736. The van der Waals surface area contributed by atoms with Gasteiger partial charge in [0.2, 0.25) is 0 Å². The summed E-state index contributed by atoms with van der Waals surface area (Å²) in [5, 5.41) is 0. The third-order valence-electron chi connectivity index (χ3n) is 6.41. The highest BCUT2D eigenvalue weighted by Gasteiger charge is 2.41. The van der Waals surface area contributed by atoms with Crippen molar-refractivity contribution in [3.05, 3.63) is 34.6 Å². The van der Waals surface area contributed by atoms with Crippen molar-refractivity contribution in [3.8, 4) is 0 Å². The number of alkyl halides is 3. The Kier molecular flexibility index (Phi) is 6.50. The Balaban J connectivity index is 1.87. The number of hydrogen-bond donors (Lipinski definition) is 0. The highest BCUT2D eigenvalue weighted by Crippen LogP contribution is 2.45. The first-order valence-corrected chi connectivity index (χ1v) is 10.3. The van der Waals surface area contributed by atoms with E-state index in [1.165, 1.54) is 6.07 Å². The molecule has 1 aromatic carbocycles. The normalized spacial score (nSPS) is 29.7. The second-order valence-corrected chi connectivity index (χ2v) is 8.36. The third-order valence-corrected chi connectivity index (χ3v) is 6.41. The van der Waals surface area contributed by atoms with Crippen molar-refractivity contribution < 1.29 is 22.3 Å². The minimum absolute atomic E-state index is 0.0537. The van der Waals surface area contributed by atoms with Crippen LogP contribution in [0.2, 0.25) is 0 Å². The van der Waals surface area contributed by atoms with Crippen LogP contribution in [0.5, 0.6) is 0 Å². The maximum Gasteiger partial charge on any atom is 0.419 e. The summed E-state index contributed by atoms with van der Waals surface area (Å²) in [6.45, 7) is 4.29. The maximum absolute atomic E-state index is 15.1. The molecule has 0 spiro atoms. The van der Waals surface area contributed by atoms with Gasteiger partial charge in [0, 0.05) is 5.92 Å². The van der Waals surface area contributed by atoms with E-state index in [-0.39, 0.29) is 35.7 Å². The summed E-state index contributed by atoms with van der Waals surface area (Å²) in [4.78, 5) is 0. The van der Waals surface area contributed by atoms with E-state index < -0.39 is 17.6 Å². The Morgan fingerprint density at radius 1 is 0.963 bits per heavy atom. The zero-order chi connectivity index (χ0) is 19.6. The van der Waals surface area contributed by atoms with Crippen LogP contribution in [-0.2, 0) is 10.9 Å². The molecule has 0 radical (unpaired) electrons. The summed E-state index contributed by atoms with van der Waals surface area (Å²) in [6, 6.07) is 3.13. The highest BCUT2D eigenvalue weighted by atomic mass is 19.4. The second-order valence-electron chi connectivity index (χ2n) is 8.36. The highest BCUT2D eigenvalue weighted by molar-refractivity contribution is 5.40. The Morgan fingerprint density at radius 3 is 2.15 bits per heavy atom. The van der Waals surface area contributed by atoms with Crippen molar-refractivity contribution in [2.24, 2.45) is 5.92 Å². The van der Waals surface area contributed by atoms with Gasteiger partial charge >= 0.3 is 6.18 Å². The van der Waals surface area contributed by atoms with E-state index in [0.717, 1.165) is 38.5 Å². The molecular formula is C22H30F4O. The molecule has 1 aromatic rings. The summed E-state index contributed by atoms with van der Waals surface area (Å²) in [5.74, 6) is -0.896. The molecule has 1 saturated carbocycles. The standard InChI is InChI=1S/C22H30F4O/c1-3-4-15-6-9-16(10-7-15)19-12-11-18(17-8-5-14(2)27-13-17)20(21(19)23)22(24,25)26/h11-12,14-17H,3-10,13H2,1-2H3. The fraction of sp³-hybridized carbons (Fsp3) is 0.727. The smallest absolute Gasteiger partial charge is 0.378 e. The minimum Gasteiger partial charge on any atom is -0.378 e. The van der Waals surface area contributed by atoms with Crippen molar-refractivity contribution in [1.29, 1.82) is 0 Å². The molecule has 1 saturated heterocycles. The van der Waals surface area contributed by atoms with Gasteiger partial charge in [-0.1, -0.05) is 31.9 Å². The van der Waals surface area contributed by atoms with E-state index in [1.54, 1.807) is 6.07 Å². The molecule has 2 fully saturated rings. The van der Waals surface area contributed by atoms with Gasteiger partial charge in [-0.05, 0) is 68.4 Å². The van der Waals surface area contributed by atoms with Crippen LogP contribution in [0.15, 0.2) is 12.1 Å². The maximum atomic E-state index is 15.1. The van der Waals surface area contributed by atoms with Crippen LogP contribution in [0.3, 0.4) is 0 Å². The Bertz CT molecular complexity index is 624. The fourth-order valence-electron chi connectivity index (χ4n) is 4.85. The predicted octanol–water partition coefficient (Wildman–Crippen LogP) is 7.20. The average Bonchev–Trinajstić information content (AvgIpc) is 2.62. The van der Waals surface area contributed by atoms with E-state index in [2.05, 4.69) is 6.92 Å². The predicted molar refractivity (Wildman–Crippen MR) is 98.4 cm³/mol. The SMILES string of the molecule is CCCC1CCC(c2ccc(C3CCC(C)OC3)c(C(F)(F)F)c2F)CC1. The van der Waals surface area contributed by atoms with Gasteiger partial charge in [-0.3, -0.25) is 0 Å². The summed E-state index contributed by atoms with van der Waals surface area (Å²) < 4.78 is 62.0. The molecule has 27 heavy (non-hydrogen) atoms. The Morgan fingerprint density at radius 2 is 1.59 bits per heavy atom. The molecule has 2 aliphatic rings. The second kappa shape index (κ2) is 8.50. The largest absolute Gasteiger partial charge is 0.419 e. The molecular weight excluding hydrogens is 356 g/mol. The van der Waals surface area contributed by atoms with Crippen molar-refractivity contribution >= 4 is 0 Å². The monoisotopic (exact) mass is 386 g/mol. The molecule has 2 atom stereocenters. The lowest BCUT2D eigenvalue weighted by molar-refractivity contribution is -0.141. The van der Waals surface area contributed by atoms with Crippen LogP contribution in [0, 0.1) is 11.7 Å². The lowest BCUT2D eigenvalue weighted by Gasteiger charge is -2.32. The average molecular weight is 386 g/mol. The molecule has 0 bridgehead atoms. The Hall–Kier alpha value is -1.10. The van der Waals surface area contributed by atoms with E-state index in [9.17, 15) is 13.2 Å². The Labute approximate surface area is 159 Å². The van der Waals surface area contributed by atoms with Gasteiger partial charge in [0.1, 0.15) is 5.82 Å². The topological polar surface area (TPSA) is 9.23 Å². The molecule has 2 unspecified atom stereocenters. The number of halogens is 4. The van der Waals surface area contributed by atoms with Crippen LogP contribution in [0.1, 0.15) is 93.7 Å². The van der Waals surface area contributed by atoms with Gasteiger partial charge in [-0.15, -0.1) is 0 Å². The molecule has 5 heteroatoms. The molecule has 0 aromatic heterocycles. The van der Waals surface area contributed by atoms with E-state index in [4.69, 9.17) is 4.74 Å². The summed E-state index contributed by atoms with van der Waals surface area (Å²) >= 11 is 0. The van der Waals surface area contributed by atoms with Crippen LogP contribution >= 0.6 is 0 Å². The molecule has 1 aliphatic carbocycles. The van der Waals surface area contributed by atoms with Crippen molar-refractivity contribution in [2.45, 2.75) is 89.3 Å². The van der Waals surface area contributed by atoms with Crippen LogP contribution in [0.25, 0.3) is 0 Å². The summed E-state index contributed by atoms with van der Waals surface area (Å²) in [7, 11) is 0. The molecule has 152 valence electrons. The fourth-order valence-corrected chi connectivity index (χ4v) is 4.85. The van der Waals surface area contributed by atoms with Gasteiger partial charge in [0.15, 0.2) is 0 Å². The lowest BCUT2D eigenvalue weighted by atomic mass is 9.76. The number of benzene rings is 1. The van der Waals surface area contributed by atoms with E-state index in [0.29, 0.717) is 18.8 Å². The minimum atomic E-state index is -4.68. The number of ether oxygens (including phenoxy) is 1. The van der Waals surface area contributed by atoms with Crippen LogP contribution in [-0.4, -0.2) is 12.7 Å². The van der Waals surface area contributed by atoms with E-state index >= 15 is 4.39 Å². The lowest BCUT2D eigenvalue weighted by Crippen LogP contribution is -2.25. The molecule has 1 aliphatic heterocycles. The summed E-state index contributed by atoms with van der Waals surface area (Å²) in [6.07, 6.45) is 2.48. The first kappa shape index (κ1) is 20.6. The van der Waals surface area contributed by atoms with Crippen LogP contribution in [0.4, 0.5) is 17.6 Å². The number of hydrogen-bond acceptors (Lipinski definition) is 1. The molecule has 0 N–H and O–H groups in total. The van der Waals surface area contributed by atoms with Gasteiger partial charge in [-0.25, -0.2) is 4.39 Å². The molecule has 1 heterocycles. The third kappa shape index (κ3) is 4.67. The van der Waals surface area contributed by atoms with E-state index in [1.807, 2.05) is 6.92 Å². The van der Waals surface area contributed by atoms with Gasteiger partial charge in [-0.2, -0.15) is 13.2 Å². The van der Waals surface area contributed by atoms with Crippen LogP contribution < -0.4 is 0 Å². The zero-order valence-corrected chi connectivity index (χ0v) is 16.2.